The van der Waals surface area contributed by atoms with Gasteiger partial charge in [0.2, 0.25) is 0 Å². The maximum Gasteiger partial charge on any atom is 0.0618 e. The van der Waals surface area contributed by atoms with Crippen molar-refractivity contribution < 1.29 is 0 Å². The van der Waals surface area contributed by atoms with Gasteiger partial charge in [0.15, 0.2) is 0 Å². The molecule has 0 unspecified atom stereocenters. The van der Waals surface area contributed by atoms with Crippen molar-refractivity contribution in [2.75, 3.05) is 22.4 Å². The number of nitrogen functional groups attached to an aromatic ring is 1. The molecule has 4 heteroatoms. The molecule has 0 bridgehead atoms. The van der Waals surface area contributed by atoms with Crippen molar-refractivity contribution in [3.05, 3.63) is 59.7 Å². The highest BCUT2D eigenvalue weighted by Crippen LogP contribution is 2.16. The van der Waals surface area contributed by atoms with Gasteiger partial charge >= 0.3 is 0 Å². The molecule has 0 atom stereocenters. The maximum atomic E-state index is 5.64. The molecule has 20 heavy (non-hydrogen) atoms. The van der Waals surface area contributed by atoms with E-state index in [0.717, 1.165) is 22.5 Å². The normalized spacial score (nSPS) is 9.70. The lowest BCUT2D eigenvalue weighted by molar-refractivity contribution is 1.07. The number of anilines is 2. The Kier molecular flexibility index (Phi) is 5.28. The van der Waals surface area contributed by atoms with Gasteiger partial charge in [-0.05, 0) is 48.5 Å². The first-order valence-electron chi connectivity index (χ1n) is 6.17. The fraction of sp³-hybridized carbons (Fsp3) is 0.125. The molecule has 2 aromatic carbocycles. The van der Waals surface area contributed by atoms with Crippen molar-refractivity contribution in [1.29, 1.82) is 0 Å². The van der Waals surface area contributed by atoms with Crippen LogP contribution in [0.1, 0.15) is 11.1 Å². The highest BCUT2D eigenvalue weighted by molar-refractivity contribution is 7.81. The summed E-state index contributed by atoms with van der Waals surface area (Å²) in [5.41, 5.74) is 9.41. The Balaban J connectivity index is 2.13. The van der Waals surface area contributed by atoms with E-state index < -0.39 is 0 Å². The largest absolute Gasteiger partial charge is 0.399 e. The predicted molar refractivity (Wildman–Crippen MR) is 93.5 cm³/mol. The van der Waals surface area contributed by atoms with Crippen molar-refractivity contribution >= 4 is 36.6 Å². The number of rotatable bonds is 3. The molecule has 0 saturated carbocycles. The fourth-order valence-corrected chi connectivity index (χ4v) is 2.36. The van der Waals surface area contributed by atoms with E-state index in [-0.39, 0.29) is 0 Å². The van der Waals surface area contributed by atoms with Crippen LogP contribution < -0.4 is 10.6 Å². The molecular weight excluding hydrogens is 284 g/mol. The highest BCUT2D eigenvalue weighted by atomic mass is 32.1. The molecule has 2 N–H and O–H groups in total. The van der Waals surface area contributed by atoms with Gasteiger partial charge in [0.1, 0.15) is 0 Å². The zero-order valence-corrected chi connectivity index (χ0v) is 12.7. The van der Waals surface area contributed by atoms with E-state index in [1.807, 2.05) is 53.4 Å². The molecule has 2 nitrogen and oxygen atoms in total. The van der Waals surface area contributed by atoms with E-state index in [0.29, 0.717) is 11.8 Å². The number of hydrogen-bond acceptors (Lipinski definition) is 4. The molecular formula is C16H16N2S2. The van der Waals surface area contributed by atoms with Crippen LogP contribution in [0.4, 0.5) is 11.4 Å². The molecule has 2 aromatic rings. The Bertz CT molecular complexity index is 606. The first-order chi connectivity index (χ1) is 9.72. The molecule has 2 rings (SSSR count). The standard InChI is InChI=1S/C16H16N2S2/c17-15-7-3-13(4-8-15)1-2-14-5-9-16(10-6-14)18(11-19)12-20/h3-10,19-20H,11-12,17H2. The average Bonchev–Trinajstić information content (AvgIpc) is 2.49. The minimum Gasteiger partial charge on any atom is -0.399 e. The molecule has 0 heterocycles. The van der Waals surface area contributed by atoms with Crippen molar-refractivity contribution in [3.63, 3.8) is 0 Å². The maximum absolute atomic E-state index is 5.64. The zero-order valence-electron chi connectivity index (χ0n) is 11.0. The van der Waals surface area contributed by atoms with E-state index in [1.165, 1.54) is 0 Å². The lowest BCUT2D eigenvalue weighted by Gasteiger charge is -2.19. The first-order valence-corrected chi connectivity index (χ1v) is 7.43. The van der Waals surface area contributed by atoms with Crippen LogP contribution >= 0.6 is 25.3 Å². The third-order valence-electron chi connectivity index (χ3n) is 2.84. The summed E-state index contributed by atoms with van der Waals surface area (Å²) in [6.07, 6.45) is 0. The molecule has 0 aromatic heterocycles. The van der Waals surface area contributed by atoms with Gasteiger partial charge in [-0.3, -0.25) is 0 Å². The van der Waals surface area contributed by atoms with E-state index >= 15 is 0 Å². The van der Waals surface area contributed by atoms with Crippen LogP contribution in [0.2, 0.25) is 0 Å². The Morgan fingerprint density at radius 1 is 0.800 bits per heavy atom. The van der Waals surface area contributed by atoms with Crippen LogP contribution in [0.25, 0.3) is 0 Å². The Morgan fingerprint density at radius 2 is 1.25 bits per heavy atom. The van der Waals surface area contributed by atoms with Gasteiger partial charge in [0.05, 0.1) is 11.8 Å². The van der Waals surface area contributed by atoms with Crippen molar-refractivity contribution in [2.45, 2.75) is 0 Å². The molecule has 0 amide bonds. The molecule has 0 aliphatic heterocycles. The zero-order chi connectivity index (χ0) is 14.4. The smallest absolute Gasteiger partial charge is 0.0618 e. The highest BCUT2D eigenvalue weighted by Gasteiger charge is 2.00. The molecule has 102 valence electrons. The molecule has 0 aliphatic carbocycles. The Morgan fingerprint density at radius 3 is 1.70 bits per heavy atom. The summed E-state index contributed by atoms with van der Waals surface area (Å²) in [5, 5.41) is 0. The second kappa shape index (κ2) is 7.18. The van der Waals surface area contributed by atoms with Gasteiger partial charge < -0.3 is 10.6 Å². The van der Waals surface area contributed by atoms with Crippen LogP contribution in [0.5, 0.6) is 0 Å². The summed E-state index contributed by atoms with van der Waals surface area (Å²) in [5.74, 6) is 7.53. The SMILES string of the molecule is Nc1ccc(C#Cc2ccc(N(CS)CS)cc2)cc1. The minimum absolute atomic E-state index is 0.639. The number of nitrogens with two attached hydrogens (primary N) is 1. The monoisotopic (exact) mass is 300 g/mol. The third kappa shape index (κ3) is 3.89. The lowest BCUT2D eigenvalue weighted by Crippen LogP contribution is -2.18. The molecule has 0 fully saturated rings. The van der Waals surface area contributed by atoms with Crippen LogP contribution in [0, 0.1) is 11.8 Å². The molecule has 0 radical (unpaired) electrons. The summed E-state index contributed by atoms with van der Waals surface area (Å²) >= 11 is 8.54. The van der Waals surface area contributed by atoms with Gasteiger partial charge in [-0.2, -0.15) is 25.3 Å². The quantitative estimate of drug-likeness (QED) is 0.351. The molecule has 0 aliphatic rings. The number of benzene rings is 2. The van der Waals surface area contributed by atoms with Gasteiger partial charge in [-0.25, -0.2) is 0 Å². The van der Waals surface area contributed by atoms with Crippen molar-refractivity contribution in [3.8, 4) is 11.8 Å². The predicted octanol–water partition coefficient (Wildman–Crippen LogP) is 3.25. The van der Waals surface area contributed by atoms with Gasteiger partial charge in [-0.15, -0.1) is 0 Å². The fourth-order valence-electron chi connectivity index (χ4n) is 1.67. The van der Waals surface area contributed by atoms with Crippen molar-refractivity contribution in [2.24, 2.45) is 0 Å². The van der Waals surface area contributed by atoms with E-state index in [1.54, 1.807) is 0 Å². The summed E-state index contributed by atoms with van der Waals surface area (Å²) in [6, 6.07) is 15.6. The topological polar surface area (TPSA) is 29.3 Å². The number of thiol groups is 2. The van der Waals surface area contributed by atoms with E-state index in [9.17, 15) is 0 Å². The summed E-state index contributed by atoms with van der Waals surface area (Å²) in [4.78, 5) is 2.05. The van der Waals surface area contributed by atoms with Gasteiger partial charge in [0.25, 0.3) is 0 Å². The number of hydrogen-bond donors (Lipinski definition) is 3. The summed E-state index contributed by atoms with van der Waals surface area (Å²) in [7, 11) is 0. The van der Waals surface area contributed by atoms with Gasteiger partial charge in [-0.1, -0.05) is 11.8 Å². The van der Waals surface area contributed by atoms with E-state index in [4.69, 9.17) is 5.73 Å². The molecule has 0 spiro atoms. The molecule has 0 saturated heterocycles. The Hall–Kier alpha value is -1.70. The van der Waals surface area contributed by atoms with E-state index in [2.05, 4.69) is 37.1 Å². The minimum atomic E-state index is 0.639. The summed E-state index contributed by atoms with van der Waals surface area (Å²) < 4.78 is 0. The van der Waals surface area contributed by atoms with Crippen molar-refractivity contribution in [1.82, 2.24) is 0 Å². The summed E-state index contributed by atoms with van der Waals surface area (Å²) in [6.45, 7) is 0. The first kappa shape index (κ1) is 14.7. The van der Waals surface area contributed by atoms with Crippen LogP contribution in [0.15, 0.2) is 48.5 Å². The van der Waals surface area contributed by atoms with Crippen LogP contribution in [-0.4, -0.2) is 11.8 Å². The van der Waals surface area contributed by atoms with Gasteiger partial charge in [0, 0.05) is 22.5 Å². The van der Waals surface area contributed by atoms with Crippen LogP contribution in [-0.2, 0) is 0 Å². The average molecular weight is 300 g/mol. The third-order valence-corrected chi connectivity index (χ3v) is 3.52. The number of nitrogens with zero attached hydrogens (tertiary/aromatic N) is 1. The second-order valence-electron chi connectivity index (χ2n) is 4.24. The van der Waals surface area contributed by atoms with Crippen LogP contribution in [0.3, 0.4) is 0 Å². The lowest BCUT2D eigenvalue weighted by atomic mass is 10.1. The second-order valence-corrected chi connectivity index (χ2v) is 4.81. The Labute approximate surface area is 130 Å².